The molecule has 1 fully saturated rings. The van der Waals surface area contributed by atoms with Gasteiger partial charge in [-0.2, -0.15) is 0 Å². The molecule has 0 bridgehead atoms. The van der Waals surface area contributed by atoms with Crippen LogP contribution in [0.25, 0.3) is 0 Å². The van der Waals surface area contributed by atoms with Crippen LogP contribution in [0.5, 0.6) is 11.8 Å². The second kappa shape index (κ2) is 7.16. The maximum absolute atomic E-state index is 12.4. The summed E-state index contributed by atoms with van der Waals surface area (Å²) < 4.78 is 9.98. The van der Waals surface area contributed by atoms with E-state index in [0.29, 0.717) is 18.0 Å². The lowest BCUT2D eigenvalue weighted by molar-refractivity contribution is -0.122. The van der Waals surface area contributed by atoms with Crippen molar-refractivity contribution in [2.24, 2.45) is 5.92 Å². The number of aromatic nitrogens is 2. The van der Waals surface area contributed by atoms with Gasteiger partial charge in [-0.15, -0.1) is 0 Å². The average Bonchev–Trinajstić information content (AvgIpc) is 3.04. The summed E-state index contributed by atoms with van der Waals surface area (Å²) in [5.41, 5.74) is 1.20. The first-order valence-corrected chi connectivity index (χ1v) is 7.72. The van der Waals surface area contributed by atoms with E-state index in [0.717, 1.165) is 5.69 Å². The maximum atomic E-state index is 12.4. The van der Waals surface area contributed by atoms with E-state index in [9.17, 15) is 9.59 Å². The largest absolute Gasteiger partial charge is 0.497 e. The van der Waals surface area contributed by atoms with E-state index in [1.165, 1.54) is 19.5 Å². The number of hydrogen-bond donors (Lipinski definition) is 1. The fourth-order valence-electron chi connectivity index (χ4n) is 2.63. The smallest absolute Gasteiger partial charge is 0.316 e. The lowest BCUT2D eigenvalue weighted by atomic mass is 10.1. The summed E-state index contributed by atoms with van der Waals surface area (Å²) in [5, 5.41) is 2.73. The third-order valence-electron chi connectivity index (χ3n) is 3.96. The molecule has 1 aromatic carbocycles. The van der Waals surface area contributed by atoms with Gasteiger partial charge < -0.3 is 19.7 Å². The normalized spacial score (nSPS) is 16.6. The van der Waals surface area contributed by atoms with Crippen LogP contribution in [0.15, 0.2) is 36.7 Å². The molecule has 1 aliphatic heterocycles. The first kappa shape index (κ1) is 16.7. The van der Waals surface area contributed by atoms with E-state index in [2.05, 4.69) is 15.3 Å². The van der Waals surface area contributed by atoms with E-state index in [-0.39, 0.29) is 24.2 Å². The third kappa shape index (κ3) is 3.68. The molecule has 1 unspecified atom stereocenters. The molecule has 3 rings (SSSR count). The van der Waals surface area contributed by atoms with Crippen LogP contribution >= 0.6 is 0 Å². The molecular weight excluding hydrogens is 324 g/mol. The number of carbonyl (C=O) groups excluding carboxylic acids is 2. The Hall–Kier alpha value is -3.16. The van der Waals surface area contributed by atoms with Crippen molar-refractivity contribution in [2.75, 3.05) is 31.0 Å². The monoisotopic (exact) mass is 342 g/mol. The SMILES string of the molecule is COc1ccc(N2CC(C(=O)Nc3cnc(OC)nc3)CC2=O)cc1. The molecule has 1 aromatic heterocycles. The number of hydrogen-bond acceptors (Lipinski definition) is 6. The number of anilines is 2. The zero-order valence-corrected chi connectivity index (χ0v) is 13.9. The molecule has 1 atom stereocenters. The van der Waals surface area contributed by atoms with E-state index in [1.807, 2.05) is 0 Å². The first-order chi connectivity index (χ1) is 12.1. The maximum Gasteiger partial charge on any atom is 0.316 e. The highest BCUT2D eigenvalue weighted by Crippen LogP contribution is 2.27. The fourth-order valence-corrected chi connectivity index (χ4v) is 2.63. The summed E-state index contributed by atoms with van der Waals surface area (Å²) in [7, 11) is 3.05. The Bertz CT molecular complexity index is 761. The summed E-state index contributed by atoms with van der Waals surface area (Å²) in [6.45, 7) is 0.327. The average molecular weight is 342 g/mol. The molecule has 0 saturated carbocycles. The number of methoxy groups -OCH3 is 2. The number of carbonyl (C=O) groups is 2. The highest BCUT2D eigenvalue weighted by molar-refractivity contribution is 6.03. The second-order valence-electron chi connectivity index (χ2n) is 5.55. The number of amides is 2. The van der Waals surface area contributed by atoms with Crippen molar-refractivity contribution < 1.29 is 19.1 Å². The van der Waals surface area contributed by atoms with Crippen LogP contribution in [-0.4, -0.2) is 42.5 Å². The number of nitrogens with zero attached hydrogens (tertiary/aromatic N) is 3. The highest BCUT2D eigenvalue weighted by Gasteiger charge is 2.35. The van der Waals surface area contributed by atoms with Gasteiger partial charge in [-0.3, -0.25) is 9.59 Å². The molecule has 2 heterocycles. The molecule has 25 heavy (non-hydrogen) atoms. The number of rotatable bonds is 5. The fraction of sp³-hybridized carbons (Fsp3) is 0.294. The molecule has 0 spiro atoms. The van der Waals surface area contributed by atoms with Gasteiger partial charge in [0.2, 0.25) is 11.8 Å². The number of nitrogens with one attached hydrogen (secondary N) is 1. The van der Waals surface area contributed by atoms with Crippen molar-refractivity contribution in [1.29, 1.82) is 0 Å². The molecule has 2 amide bonds. The Morgan fingerprint density at radius 1 is 1.16 bits per heavy atom. The molecule has 8 nitrogen and oxygen atoms in total. The number of benzene rings is 1. The van der Waals surface area contributed by atoms with E-state index < -0.39 is 5.92 Å². The molecule has 0 radical (unpaired) electrons. The van der Waals surface area contributed by atoms with Gasteiger partial charge in [0.1, 0.15) is 5.75 Å². The van der Waals surface area contributed by atoms with Crippen LogP contribution in [-0.2, 0) is 9.59 Å². The Morgan fingerprint density at radius 2 is 1.84 bits per heavy atom. The Labute approximate surface area is 144 Å². The predicted octanol–water partition coefficient (Wildman–Crippen LogP) is 1.49. The van der Waals surface area contributed by atoms with Crippen LogP contribution < -0.4 is 19.7 Å². The summed E-state index contributed by atoms with van der Waals surface area (Å²) in [6.07, 6.45) is 3.08. The van der Waals surface area contributed by atoms with Gasteiger partial charge in [0.05, 0.1) is 38.2 Å². The van der Waals surface area contributed by atoms with Crippen LogP contribution in [0.2, 0.25) is 0 Å². The standard InChI is InChI=1S/C17H18N4O4/c1-24-14-5-3-13(4-6-14)21-10-11(7-15(21)22)16(23)20-12-8-18-17(25-2)19-9-12/h3-6,8-9,11H,7,10H2,1-2H3,(H,20,23). The van der Waals surface area contributed by atoms with Crippen LogP contribution in [0.1, 0.15) is 6.42 Å². The van der Waals surface area contributed by atoms with Gasteiger partial charge in [0.25, 0.3) is 0 Å². The van der Waals surface area contributed by atoms with Crippen molar-refractivity contribution in [2.45, 2.75) is 6.42 Å². The van der Waals surface area contributed by atoms with Crippen molar-refractivity contribution in [3.05, 3.63) is 36.7 Å². The summed E-state index contributed by atoms with van der Waals surface area (Å²) >= 11 is 0. The van der Waals surface area contributed by atoms with Gasteiger partial charge in [-0.25, -0.2) is 9.97 Å². The van der Waals surface area contributed by atoms with Gasteiger partial charge in [0.15, 0.2) is 0 Å². The van der Waals surface area contributed by atoms with Crippen LogP contribution in [0.4, 0.5) is 11.4 Å². The quantitative estimate of drug-likeness (QED) is 0.885. The Balaban J connectivity index is 1.65. The molecule has 1 N–H and O–H groups in total. The van der Waals surface area contributed by atoms with Gasteiger partial charge in [-0.1, -0.05) is 0 Å². The van der Waals surface area contributed by atoms with Crippen LogP contribution in [0, 0.1) is 5.92 Å². The molecule has 130 valence electrons. The first-order valence-electron chi connectivity index (χ1n) is 7.72. The molecular formula is C17H18N4O4. The minimum atomic E-state index is -0.434. The molecule has 8 heteroatoms. The molecule has 1 aliphatic rings. The minimum absolute atomic E-state index is 0.0868. The van der Waals surface area contributed by atoms with E-state index in [4.69, 9.17) is 9.47 Å². The van der Waals surface area contributed by atoms with Gasteiger partial charge in [-0.05, 0) is 24.3 Å². The lowest BCUT2D eigenvalue weighted by Gasteiger charge is -2.17. The zero-order chi connectivity index (χ0) is 17.8. The summed E-state index contributed by atoms with van der Waals surface area (Å²) in [4.78, 5) is 34.1. The van der Waals surface area contributed by atoms with Gasteiger partial charge >= 0.3 is 6.01 Å². The highest BCUT2D eigenvalue weighted by atomic mass is 16.5. The summed E-state index contributed by atoms with van der Waals surface area (Å²) in [5.74, 6) is -0.0460. The number of ether oxygens (including phenoxy) is 2. The van der Waals surface area contributed by atoms with Crippen molar-refractivity contribution in [1.82, 2.24) is 9.97 Å². The third-order valence-corrected chi connectivity index (χ3v) is 3.96. The molecule has 0 aliphatic carbocycles. The van der Waals surface area contributed by atoms with Crippen molar-refractivity contribution in [3.8, 4) is 11.8 Å². The van der Waals surface area contributed by atoms with Gasteiger partial charge in [0, 0.05) is 18.7 Å². The predicted molar refractivity (Wildman–Crippen MR) is 90.7 cm³/mol. The Kier molecular flexibility index (Phi) is 4.78. The van der Waals surface area contributed by atoms with Crippen LogP contribution in [0.3, 0.4) is 0 Å². The Morgan fingerprint density at radius 3 is 2.44 bits per heavy atom. The summed E-state index contributed by atoms with van der Waals surface area (Å²) in [6, 6.07) is 7.39. The lowest BCUT2D eigenvalue weighted by Crippen LogP contribution is -2.28. The second-order valence-corrected chi connectivity index (χ2v) is 5.55. The molecule has 1 saturated heterocycles. The molecule has 2 aromatic rings. The zero-order valence-electron chi connectivity index (χ0n) is 13.9. The topological polar surface area (TPSA) is 93.7 Å². The minimum Gasteiger partial charge on any atom is -0.497 e. The van der Waals surface area contributed by atoms with Crippen molar-refractivity contribution >= 4 is 23.2 Å². The van der Waals surface area contributed by atoms with E-state index in [1.54, 1.807) is 36.3 Å². The van der Waals surface area contributed by atoms with Crippen molar-refractivity contribution in [3.63, 3.8) is 0 Å². The van der Waals surface area contributed by atoms with E-state index >= 15 is 0 Å².